The van der Waals surface area contributed by atoms with Crippen LogP contribution in [0.2, 0.25) is 0 Å². The second kappa shape index (κ2) is 38.9. The van der Waals surface area contributed by atoms with Crippen molar-refractivity contribution in [3.8, 4) is 0 Å². The molecule has 0 aromatic carbocycles. The maximum Gasteiger partial charge on any atom is 0.472 e. The Hall–Kier alpha value is -2.77. The van der Waals surface area contributed by atoms with Gasteiger partial charge in [0.05, 0.1) is 6.61 Å². The number of ether oxygens (including phenoxy) is 2. The molecule has 0 rings (SSSR count). The van der Waals surface area contributed by atoms with Gasteiger partial charge in [0.25, 0.3) is 0 Å². The van der Waals surface area contributed by atoms with E-state index in [4.69, 9.17) is 14.0 Å². The molecule has 1 N–H and O–H groups in total. The number of phosphoric acid groups is 1. The van der Waals surface area contributed by atoms with E-state index in [2.05, 4.69) is 103 Å². The van der Waals surface area contributed by atoms with Gasteiger partial charge in [-0.1, -0.05) is 144 Å². The van der Waals surface area contributed by atoms with Gasteiger partial charge in [-0.3, -0.25) is 18.6 Å². The van der Waals surface area contributed by atoms with Gasteiger partial charge in [0.1, 0.15) is 6.61 Å². The molecule has 0 saturated carbocycles. The van der Waals surface area contributed by atoms with Crippen LogP contribution in [0.1, 0.15) is 155 Å². The quantitative estimate of drug-likeness (QED) is 0.0291. The summed E-state index contributed by atoms with van der Waals surface area (Å²) in [5.74, 6) is -0.852. The number of carbonyl (C=O) groups excluding carboxylic acids is 2. The Balaban J connectivity index is 4.11. The van der Waals surface area contributed by atoms with E-state index in [1.165, 1.54) is 19.3 Å². The smallest absolute Gasteiger partial charge is 0.462 e. The van der Waals surface area contributed by atoms with Crippen molar-refractivity contribution in [2.24, 2.45) is 0 Å². The van der Waals surface area contributed by atoms with Crippen molar-refractivity contribution in [2.75, 3.05) is 20.3 Å². The largest absolute Gasteiger partial charge is 0.472 e. The van der Waals surface area contributed by atoms with E-state index in [1.54, 1.807) is 0 Å². The predicted octanol–water partition coefficient (Wildman–Crippen LogP) is 12.7. The summed E-state index contributed by atoms with van der Waals surface area (Å²) in [5, 5.41) is 0. The van der Waals surface area contributed by atoms with E-state index in [1.807, 2.05) is 0 Å². The zero-order chi connectivity index (χ0) is 38.9. The lowest BCUT2D eigenvalue weighted by Crippen LogP contribution is -2.29. The minimum Gasteiger partial charge on any atom is -0.462 e. The Labute approximate surface area is 323 Å². The Morgan fingerprint density at radius 2 is 0.906 bits per heavy atom. The summed E-state index contributed by atoms with van der Waals surface area (Å²) in [4.78, 5) is 34.4. The third-order valence-electron chi connectivity index (χ3n) is 8.13. The molecule has 53 heavy (non-hydrogen) atoms. The van der Waals surface area contributed by atoms with Crippen LogP contribution in [0.3, 0.4) is 0 Å². The Morgan fingerprint density at radius 1 is 0.528 bits per heavy atom. The molecule has 9 heteroatoms. The Morgan fingerprint density at radius 3 is 1.34 bits per heavy atom. The van der Waals surface area contributed by atoms with Gasteiger partial charge in [0, 0.05) is 20.0 Å². The van der Waals surface area contributed by atoms with Crippen LogP contribution in [0.4, 0.5) is 0 Å². The van der Waals surface area contributed by atoms with Crippen LogP contribution in [0.15, 0.2) is 85.1 Å². The molecule has 0 radical (unpaired) electrons. The molecule has 0 aromatic heterocycles. The van der Waals surface area contributed by atoms with Crippen molar-refractivity contribution >= 4 is 19.8 Å². The summed E-state index contributed by atoms with van der Waals surface area (Å²) in [6, 6.07) is 0. The van der Waals surface area contributed by atoms with Gasteiger partial charge in [-0.2, -0.15) is 0 Å². The van der Waals surface area contributed by atoms with Crippen LogP contribution < -0.4 is 0 Å². The van der Waals surface area contributed by atoms with Gasteiger partial charge in [-0.05, 0) is 83.5 Å². The van der Waals surface area contributed by atoms with Crippen LogP contribution in [-0.4, -0.2) is 43.3 Å². The second-order valence-corrected chi connectivity index (χ2v) is 14.6. The highest BCUT2D eigenvalue weighted by Gasteiger charge is 2.24. The average Bonchev–Trinajstić information content (AvgIpc) is 3.15. The molecule has 0 bridgehead atoms. The van der Waals surface area contributed by atoms with Crippen molar-refractivity contribution in [3.05, 3.63) is 85.1 Å². The lowest BCUT2D eigenvalue weighted by molar-refractivity contribution is -0.161. The first-order valence-corrected chi connectivity index (χ1v) is 21.8. The van der Waals surface area contributed by atoms with E-state index in [9.17, 15) is 19.0 Å². The van der Waals surface area contributed by atoms with Crippen molar-refractivity contribution < 1.29 is 37.6 Å². The molecular formula is C44H73O8P. The third-order valence-corrected chi connectivity index (χ3v) is 9.07. The lowest BCUT2D eigenvalue weighted by atomic mass is 10.1. The van der Waals surface area contributed by atoms with Crippen molar-refractivity contribution in [1.82, 2.24) is 0 Å². The highest BCUT2D eigenvalue weighted by Crippen LogP contribution is 2.42. The van der Waals surface area contributed by atoms with E-state index >= 15 is 0 Å². The number of esters is 2. The lowest BCUT2D eigenvalue weighted by Gasteiger charge is -2.19. The summed E-state index contributed by atoms with van der Waals surface area (Å²) in [7, 11) is -3.22. The molecule has 0 fully saturated rings. The van der Waals surface area contributed by atoms with E-state index in [-0.39, 0.29) is 19.4 Å². The summed E-state index contributed by atoms with van der Waals surface area (Å²) < 4.78 is 31.9. The maximum absolute atomic E-state index is 12.5. The standard InChI is InChI=1S/C44H73O8P/c1-4-6-8-10-12-14-16-18-20-22-24-26-28-30-32-34-36-38-43(45)50-40-42(41-51-53(47,48)49-3)52-44(46)39-37-35-33-31-29-27-25-23-21-19-17-15-13-11-9-7-5-2/h6-9,12-15,18-21,25,27,42H,4-5,10-11,16-17,22-24,26,28-41H2,1-3H3,(H,47,48)/b8-6-,9-7-,14-12-,15-13-,20-18-,21-19-,27-25-. The topological polar surface area (TPSA) is 108 Å². The third kappa shape index (κ3) is 38.8. The number of phosphoric ester groups is 1. The normalized spacial score (nSPS) is 14.3. The molecular weight excluding hydrogens is 687 g/mol. The molecule has 0 aromatic rings. The van der Waals surface area contributed by atoms with Gasteiger partial charge in [-0.25, -0.2) is 4.57 Å². The monoisotopic (exact) mass is 761 g/mol. The molecule has 0 saturated heterocycles. The predicted molar refractivity (Wildman–Crippen MR) is 221 cm³/mol. The first-order valence-electron chi connectivity index (χ1n) is 20.3. The average molecular weight is 761 g/mol. The van der Waals surface area contributed by atoms with Gasteiger partial charge in [-0.15, -0.1) is 0 Å². The Kier molecular flexibility index (Phi) is 36.9. The number of allylic oxidation sites excluding steroid dienone is 14. The number of rotatable bonds is 36. The number of unbranched alkanes of at least 4 members (excludes halogenated alkanes) is 11. The fraction of sp³-hybridized carbons (Fsp3) is 0.636. The first kappa shape index (κ1) is 50.2. The van der Waals surface area contributed by atoms with Crippen LogP contribution >= 0.6 is 7.82 Å². The van der Waals surface area contributed by atoms with Crippen molar-refractivity contribution in [2.45, 2.75) is 161 Å². The number of hydrogen-bond donors (Lipinski definition) is 1. The molecule has 0 aliphatic heterocycles. The van der Waals surface area contributed by atoms with E-state index in [0.29, 0.717) is 6.42 Å². The zero-order valence-electron chi connectivity index (χ0n) is 33.4. The van der Waals surface area contributed by atoms with Crippen LogP contribution in [-0.2, 0) is 32.7 Å². The summed E-state index contributed by atoms with van der Waals surface area (Å²) in [5.41, 5.74) is 0. The Bertz CT molecular complexity index is 1130. The highest BCUT2D eigenvalue weighted by atomic mass is 31.2. The van der Waals surface area contributed by atoms with Gasteiger partial charge in [0.2, 0.25) is 0 Å². The molecule has 302 valence electrons. The fourth-order valence-corrected chi connectivity index (χ4v) is 5.53. The number of hydrogen-bond acceptors (Lipinski definition) is 7. The van der Waals surface area contributed by atoms with Crippen LogP contribution in [0.5, 0.6) is 0 Å². The molecule has 0 aliphatic carbocycles. The number of carbonyl (C=O) groups is 2. The summed E-state index contributed by atoms with van der Waals surface area (Å²) in [6.07, 6.45) is 50.6. The van der Waals surface area contributed by atoms with Gasteiger partial charge in [0.15, 0.2) is 6.10 Å². The molecule has 0 amide bonds. The highest BCUT2D eigenvalue weighted by molar-refractivity contribution is 7.47. The molecule has 0 heterocycles. The minimum atomic E-state index is -4.28. The van der Waals surface area contributed by atoms with Crippen LogP contribution in [0, 0.1) is 0 Å². The molecule has 2 unspecified atom stereocenters. The van der Waals surface area contributed by atoms with Crippen molar-refractivity contribution in [1.29, 1.82) is 0 Å². The molecule has 2 atom stereocenters. The van der Waals surface area contributed by atoms with Gasteiger partial charge < -0.3 is 14.4 Å². The summed E-state index contributed by atoms with van der Waals surface area (Å²) in [6.45, 7) is 3.62. The zero-order valence-corrected chi connectivity index (χ0v) is 34.3. The molecule has 8 nitrogen and oxygen atoms in total. The van der Waals surface area contributed by atoms with Crippen LogP contribution in [0.25, 0.3) is 0 Å². The van der Waals surface area contributed by atoms with E-state index < -0.39 is 32.5 Å². The first-order chi connectivity index (χ1) is 25.8. The fourth-order valence-electron chi connectivity index (χ4n) is 5.07. The second-order valence-electron chi connectivity index (χ2n) is 13.0. The molecule has 0 aliphatic rings. The SMILES string of the molecule is CC/C=C\C/C=C\C/C=C\C/C=C\CCCCCCC(=O)OC(COC(=O)CCCCCCCCC/C=C\C/C=C\C/C=C\CC)COP(=O)(O)OC. The van der Waals surface area contributed by atoms with Crippen molar-refractivity contribution in [3.63, 3.8) is 0 Å². The maximum atomic E-state index is 12.5. The minimum absolute atomic E-state index is 0.210. The van der Waals surface area contributed by atoms with Gasteiger partial charge >= 0.3 is 19.8 Å². The molecule has 0 spiro atoms. The summed E-state index contributed by atoms with van der Waals surface area (Å²) >= 11 is 0. The van der Waals surface area contributed by atoms with E-state index in [0.717, 1.165) is 110 Å².